The van der Waals surface area contributed by atoms with Gasteiger partial charge in [0.15, 0.2) is 0 Å². The van der Waals surface area contributed by atoms with Crippen molar-refractivity contribution in [2.45, 2.75) is 45.2 Å². The van der Waals surface area contributed by atoms with Crippen molar-refractivity contribution in [1.29, 1.82) is 0 Å². The van der Waals surface area contributed by atoms with Gasteiger partial charge in [0.25, 0.3) is 0 Å². The predicted molar refractivity (Wildman–Crippen MR) is 76.1 cm³/mol. The first-order chi connectivity index (χ1) is 8.58. The molecular formula is C15H22ClNO. The minimum Gasteiger partial charge on any atom is -0.395 e. The molecule has 100 valence electrons. The van der Waals surface area contributed by atoms with Crippen molar-refractivity contribution in [2.24, 2.45) is 5.92 Å². The van der Waals surface area contributed by atoms with E-state index in [-0.39, 0.29) is 12.6 Å². The maximum atomic E-state index is 9.41. The first-order valence-corrected chi connectivity index (χ1v) is 7.10. The lowest BCUT2D eigenvalue weighted by atomic mass is 10.0. The molecule has 2 N–H and O–H groups in total. The molecule has 0 saturated heterocycles. The van der Waals surface area contributed by atoms with E-state index in [1.54, 1.807) is 0 Å². The standard InChI is InChI=1S/C15H22ClNO/c1-10(2)5-15(9-18)17-14-7-11-3-4-13(16)6-12(11)8-14/h3-4,6,10,14-15,17-18H,5,7-9H2,1-2H3. The number of hydrogen-bond acceptors (Lipinski definition) is 2. The van der Waals surface area contributed by atoms with Gasteiger partial charge in [-0.1, -0.05) is 31.5 Å². The van der Waals surface area contributed by atoms with Gasteiger partial charge in [-0.05, 0) is 48.4 Å². The Bertz CT molecular complexity index is 405. The Morgan fingerprint density at radius 2 is 2.06 bits per heavy atom. The smallest absolute Gasteiger partial charge is 0.0584 e. The van der Waals surface area contributed by atoms with Crippen LogP contribution in [0, 0.1) is 5.92 Å². The molecule has 3 heteroatoms. The van der Waals surface area contributed by atoms with Crippen LogP contribution in [0.1, 0.15) is 31.4 Å². The number of fused-ring (bicyclic) bond motifs is 1. The largest absolute Gasteiger partial charge is 0.395 e. The molecule has 0 heterocycles. The van der Waals surface area contributed by atoms with E-state index in [4.69, 9.17) is 11.6 Å². The van der Waals surface area contributed by atoms with Crippen molar-refractivity contribution in [3.63, 3.8) is 0 Å². The van der Waals surface area contributed by atoms with Gasteiger partial charge in [0.1, 0.15) is 0 Å². The van der Waals surface area contributed by atoms with Crippen LogP contribution in [0.4, 0.5) is 0 Å². The number of rotatable bonds is 5. The third-order valence-corrected chi connectivity index (χ3v) is 3.78. The number of aliphatic hydroxyl groups is 1. The van der Waals surface area contributed by atoms with Gasteiger partial charge in [0.2, 0.25) is 0 Å². The molecule has 0 aliphatic heterocycles. The second kappa shape index (κ2) is 6.05. The highest BCUT2D eigenvalue weighted by molar-refractivity contribution is 6.30. The van der Waals surface area contributed by atoms with Crippen molar-refractivity contribution >= 4 is 11.6 Å². The van der Waals surface area contributed by atoms with Crippen LogP contribution in [-0.4, -0.2) is 23.8 Å². The molecule has 0 saturated carbocycles. The van der Waals surface area contributed by atoms with E-state index < -0.39 is 0 Å². The van der Waals surface area contributed by atoms with E-state index in [1.807, 2.05) is 6.07 Å². The quantitative estimate of drug-likeness (QED) is 0.860. The Kier molecular flexibility index (Phi) is 4.66. The number of benzene rings is 1. The molecule has 0 aromatic heterocycles. The zero-order valence-electron chi connectivity index (χ0n) is 11.1. The van der Waals surface area contributed by atoms with E-state index in [0.717, 1.165) is 24.3 Å². The number of hydrogen-bond donors (Lipinski definition) is 2. The average molecular weight is 268 g/mol. The highest BCUT2D eigenvalue weighted by atomic mass is 35.5. The molecule has 1 aromatic rings. The van der Waals surface area contributed by atoms with Gasteiger partial charge in [-0.25, -0.2) is 0 Å². The minimum absolute atomic E-state index is 0.208. The van der Waals surface area contributed by atoms with Gasteiger partial charge in [0.05, 0.1) is 6.61 Å². The highest BCUT2D eigenvalue weighted by Crippen LogP contribution is 2.25. The van der Waals surface area contributed by atoms with Crippen LogP contribution in [0.25, 0.3) is 0 Å². The highest BCUT2D eigenvalue weighted by Gasteiger charge is 2.23. The molecule has 2 unspecified atom stereocenters. The molecule has 1 aliphatic rings. The molecule has 2 nitrogen and oxygen atoms in total. The minimum atomic E-state index is 0.208. The Morgan fingerprint density at radius 1 is 1.33 bits per heavy atom. The zero-order chi connectivity index (χ0) is 13.1. The summed E-state index contributed by atoms with van der Waals surface area (Å²) in [6.45, 7) is 4.59. The third kappa shape index (κ3) is 3.47. The lowest BCUT2D eigenvalue weighted by Crippen LogP contribution is -2.41. The summed E-state index contributed by atoms with van der Waals surface area (Å²) in [4.78, 5) is 0. The van der Waals surface area contributed by atoms with Crippen LogP contribution in [0.3, 0.4) is 0 Å². The van der Waals surface area contributed by atoms with Gasteiger partial charge in [-0.3, -0.25) is 0 Å². The second-order valence-corrected chi connectivity index (χ2v) is 6.13. The topological polar surface area (TPSA) is 32.3 Å². The van der Waals surface area contributed by atoms with E-state index >= 15 is 0 Å². The van der Waals surface area contributed by atoms with Gasteiger partial charge in [0, 0.05) is 17.1 Å². The molecule has 0 radical (unpaired) electrons. The maximum absolute atomic E-state index is 9.41. The first-order valence-electron chi connectivity index (χ1n) is 6.72. The molecule has 1 aliphatic carbocycles. The fourth-order valence-electron chi connectivity index (χ4n) is 2.80. The SMILES string of the molecule is CC(C)CC(CO)NC1Cc2ccc(Cl)cc2C1. The molecule has 2 rings (SSSR count). The molecule has 1 aromatic carbocycles. The van der Waals surface area contributed by atoms with E-state index in [2.05, 4.69) is 31.3 Å². The van der Waals surface area contributed by atoms with Gasteiger partial charge < -0.3 is 10.4 Å². The number of halogens is 1. The molecule has 0 fully saturated rings. The summed E-state index contributed by atoms with van der Waals surface area (Å²) < 4.78 is 0. The first kappa shape index (κ1) is 13.9. The summed E-state index contributed by atoms with van der Waals surface area (Å²) in [6, 6.07) is 6.79. The van der Waals surface area contributed by atoms with Crippen molar-refractivity contribution in [3.05, 3.63) is 34.3 Å². The Hall–Kier alpha value is -0.570. The summed E-state index contributed by atoms with van der Waals surface area (Å²) in [7, 11) is 0. The Labute approximate surface area is 114 Å². The van der Waals surface area contributed by atoms with E-state index in [9.17, 15) is 5.11 Å². The summed E-state index contributed by atoms with van der Waals surface area (Å²) in [5.41, 5.74) is 2.74. The second-order valence-electron chi connectivity index (χ2n) is 5.69. The molecule has 2 atom stereocenters. The lowest BCUT2D eigenvalue weighted by Gasteiger charge is -2.22. The van der Waals surface area contributed by atoms with Crippen molar-refractivity contribution < 1.29 is 5.11 Å². The average Bonchev–Trinajstić information content (AvgIpc) is 2.68. The van der Waals surface area contributed by atoms with Crippen molar-refractivity contribution in [1.82, 2.24) is 5.32 Å². The van der Waals surface area contributed by atoms with Crippen LogP contribution in [-0.2, 0) is 12.8 Å². The molecule has 0 amide bonds. The fraction of sp³-hybridized carbons (Fsp3) is 0.600. The van der Waals surface area contributed by atoms with Crippen molar-refractivity contribution in [2.75, 3.05) is 6.61 Å². The Balaban J connectivity index is 1.94. The van der Waals surface area contributed by atoms with Gasteiger partial charge in [-0.15, -0.1) is 0 Å². The fourth-order valence-corrected chi connectivity index (χ4v) is 3.00. The zero-order valence-corrected chi connectivity index (χ0v) is 11.9. The van der Waals surface area contributed by atoms with Crippen molar-refractivity contribution in [3.8, 4) is 0 Å². The molecule has 0 spiro atoms. The summed E-state index contributed by atoms with van der Waals surface area (Å²) in [5.74, 6) is 0.605. The molecule has 18 heavy (non-hydrogen) atoms. The number of aliphatic hydroxyl groups excluding tert-OH is 1. The number of nitrogens with one attached hydrogen (secondary N) is 1. The van der Waals surface area contributed by atoms with Crippen LogP contribution in [0.15, 0.2) is 18.2 Å². The predicted octanol–water partition coefficient (Wildman–Crippen LogP) is 2.80. The van der Waals surface area contributed by atoms with E-state index in [0.29, 0.717) is 12.0 Å². The normalized spacial score (nSPS) is 20.2. The summed E-state index contributed by atoms with van der Waals surface area (Å²) in [6.07, 6.45) is 3.08. The van der Waals surface area contributed by atoms with Gasteiger partial charge in [-0.2, -0.15) is 0 Å². The van der Waals surface area contributed by atoms with Crippen LogP contribution >= 0.6 is 11.6 Å². The monoisotopic (exact) mass is 267 g/mol. The van der Waals surface area contributed by atoms with Crippen LogP contribution in [0.2, 0.25) is 5.02 Å². The lowest BCUT2D eigenvalue weighted by molar-refractivity contribution is 0.213. The summed E-state index contributed by atoms with van der Waals surface area (Å²) in [5, 5.41) is 13.8. The van der Waals surface area contributed by atoms with Gasteiger partial charge >= 0.3 is 0 Å². The molecular weight excluding hydrogens is 246 g/mol. The summed E-state index contributed by atoms with van der Waals surface area (Å²) >= 11 is 6.01. The van der Waals surface area contributed by atoms with E-state index in [1.165, 1.54) is 11.1 Å². The van der Waals surface area contributed by atoms with Crippen LogP contribution in [0.5, 0.6) is 0 Å². The molecule has 0 bridgehead atoms. The van der Waals surface area contributed by atoms with Crippen LogP contribution < -0.4 is 5.32 Å². The maximum Gasteiger partial charge on any atom is 0.0584 e. The Morgan fingerprint density at radius 3 is 2.72 bits per heavy atom. The third-order valence-electron chi connectivity index (χ3n) is 3.55.